The molecule has 19 heavy (non-hydrogen) atoms. The van der Waals surface area contributed by atoms with Crippen LogP contribution in [0.3, 0.4) is 0 Å². The standard InChI is InChI=1S/C14H22N4O/c1-3-13(15)12-4-5-14(16-10-12)18-8-6-17(7-9-18)11(2)19/h4-5,10,13H,3,6-9,15H2,1-2H3/t13-/m1/s1. The van der Waals surface area contributed by atoms with E-state index in [-0.39, 0.29) is 11.9 Å². The molecule has 0 aromatic carbocycles. The van der Waals surface area contributed by atoms with E-state index in [4.69, 9.17) is 5.73 Å². The lowest BCUT2D eigenvalue weighted by Crippen LogP contribution is -2.48. The summed E-state index contributed by atoms with van der Waals surface area (Å²) >= 11 is 0. The predicted molar refractivity (Wildman–Crippen MR) is 75.9 cm³/mol. The fourth-order valence-electron chi connectivity index (χ4n) is 2.29. The first-order valence-corrected chi connectivity index (χ1v) is 6.83. The van der Waals surface area contributed by atoms with Crippen molar-refractivity contribution in [3.63, 3.8) is 0 Å². The molecule has 1 amide bonds. The topological polar surface area (TPSA) is 62.5 Å². The fourth-order valence-corrected chi connectivity index (χ4v) is 2.29. The maximum absolute atomic E-state index is 11.3. The Kier molecular flexibility index (Phi) is 4.37. The molecule has 0 aliphatic carbocycles. The van der Waals surface area contributed by atoms with E-state index in [1.165, 1.54) is 0 Å². The number of hydrogen-bond donors (Lipinski definition) is 1. The average Bonchev–Trinajstić information content (AvgIpc) is 2.46. The maximum Gasteiger partial charge on any atom is 0.219 e. The van der Waals surface area contributed by atoms with Gasteiger partial charge in [-0.15, -0.1) is 0 Å². The molecule has 0 unspecified atom stereocenters. The largest absolute Gasteiger partial charge is 0.353 e. The molecule has 1 aromatic heterocycles. The summed E-state index contributed by atoms with van der Waals surface area (Å²) in [6.45, 7) is 6.91. The summed E-state index contributed by atoms with van der Waals surface area (Å²) in [6.07, 6.45) is 2.78. The van der Waals surface area contributed by atoms with Gasteiger partial charge in [-0.1, -0.05) is 13.0 Å². The van der Waals surface area contributed by atoms with Crippen molar-refractivity contribution < 1.29 is 4.79 Å². The third kappa shape index (κ3) is 3.23. The molecule has 2 heterocycles. The highest BCUT2D eigenvalue weighted by Crippen LogP contribution is 2.18. The maximum atomic E-state index is 11.3. The van der Waals surface area contributed by atoms with Gasteiger partial charge in [0.2, 0.25) is 5.91 Å². The molecule has 0 radical (unpaired) electrons. The zero-order valence-electron chi connectivity index (χ0n) is 11.7. The minimum absolute atomic E-state index is 0.0658. The molecule has 1 aromatic rings. The minimum Gasteiger partial charge on any atom is -0.353 e. The second-order valence-electron chi connectivity index (χ2n) is 4.96. The Morgan fingerprint density at radius 3 is 2.53 bits per heavy atom. The average molecular weight is 262 g/mol. The number of carbonyl (C=O) groups is 1. The highest BCUT2D eigenvalue weighted by molar-refractivity contribution is 5.73. The predicted octanol–water partition coefficient (Wildman–Crippen LogP) is 1.16. The van der Waals surface area contributed by atoms with Crippen molar-refractivity contribution in [1.29, 1.82) is 0 Å². The molecule has 5 heteroatoms. The molecule has 2 N–H and O–H groups in total. The Balaban J connectivity index is 1.98. The number of nitrogens with zero attached hydrogens (tertiary/aromatic N) is 3. The van der Waals surface area contributed by atoms with Crippen molar-refractivity contribution in [2.45, 2.75) is 26.3 Å². The van der Waals surface area contributed by atoms with Gasteiger partial charge in [0.1, 0.15) is 5.82 Å². The zero-order chi connectivity index (χ0) is 13.8. The first kappa shape index (κ1) is 13.8. The first-order valence-electron chi connectivity index (χ1n) is 6.83. The van der Waals surface area contributed by atoms with Gasteiger partial charge in [-0.05, 0) is 18.1 Å². The van der Waals surface area contributed by atoms with Crippen molar-refractivity contribution in [2.75, 3.05) is 31.1 Å². The van der Waals surface area contributed by atoms with E-state index >= 15 is 0 Å². The Morgan fingerprint density at radius 1 is 1.37 bits per heavy atom. The Labute approximate surface area is 114 Å². The van der Waals surface area contributed by atoms with Crippen LogP contribution in [0, 0.1) is 0 Å². The number of anilines is 1. The van der Waals surface area contributed by atoms with E-state index < -0.39 is 0 Å². The highest BCUT2D eigenvalue weighted by atomic mass is 16.2. The summed E-state index contributed by atoms with van der Waals surface area (Å²) in [5.74, 6) is 1.12. The summed E-state index contributed by atoms with van der Waals surface area (Å²) < 4.78 is 0. The Bertz CT molecular complexity index is 424. The van der Waals surface area contributed by atoms with Gasteiger partial charge in [-0.3, -0.25) is 4.79 Å². The van der Waals surface area contributed by atoms with Gasteiger partial charge in [0, 0.05) is 45.3 Å². The van der Waals surface area contributed by atoms with Crippen LogP contribution in [0.15, 0.2) is 18.3 Å². The number of carbonyl (C=O) groups excluding carboxylic acids is 1. The lowest BCUT2D eigenvalue weighted by atomic mass is 10.1. The van der Waals surface area contributed by atoms with Crippen LogP contribution in [0.25, 0.3) is 0 Å². The molecular weight excluding hydrogens is 240 g/mol. The normalized spacial score (nSPS) is 17.4. The third-order valence-corrected chi connectivity index (χ3v) is 3.69. The molecule has 1 atom stereocenters. The number of nitrogens with two attached hydrogens (primary N) is 1. The van der Waals surface area contributed by atoms with Crippen LogP contribution < -0.4 is 10.6 Å². The van der Waals surface area contributed by atoms with Gasteiger partial charge in [-0.2, -0.15) is 0 Å². The second kappa shape index (κ2) is 6.02. The van der Waals surface area contributed by atoms with Gasteiger partial charge in [0.05, 0.1) is 0 Å². The monoisotopic (exact) mass is 262 g/mol. The second-order valence-corrected chi connectivity index (χ2v) is 4.96. The van der Waals surface area contributed by atoms with Crippen LogP contribution in [0.4, 0.5) is 5.82 Å². The molecule has 0 bridgehead atoms. The number of aromatic nitrogens is 1. The van der Waals surface area contributed by atoms with E-state index in [0.29, 0.717) is 0 Å². The highest BCUT2D eigenvalue weighted by Gasteiger charge is 2.19. The third-order valence-electron chi connectivity index (χ3n) is 3.69. The Morgan fingerprint density at radius 2 is 2.05 bits per heavy atom. The Hall–Kier alpha value is -1.62. The molecular formula is C14H22N4O. The molecule has 0 saturated carbocycles. The number of amides is 1. The smallest absolute Gasteiger partial charge is 0.219 e. The summed E-state index contributed by atoms with van der Waals surface area (Å²) in [5, 5.41) is 0. The van der Waals surface area contributed by atoms with Crippen molar-refractivity contribution in [1.82, 2.24) is 9.88 Å². The van der Waals surface area contributed by atoms with Crippen LogP contribution >= 0.6 is 0 Å². The fraction of sp³-hybridized carbons (Fsp3) is 0.571. The molecule has 2 rings (SSSR count). The first-order chi connectivity index (χ1) is 9.11. The summed E-state index contributed by atoms with van der Waals surface area (Å²) in [7, 11) is 0. The summed E-state index contributed by atoms with van der Waals surface area (Å²) in [4.78, 5) is 19.8. The van der Waals surface area contributed by atoms with Crippen molar-refractivity contribution in [3.05, 3.63) is 23.9 Å². The molecule has 1 saturated heterocycles. The summed E-state index contributed by atoms with van der Waals surface area (Å²) in [6, 6.07) is 4.14. The lowest BCUT2D eigenvalue weighted by molar-refractivity contribution is -0.129. The zero-order valence-corrected chi connectivity index (χ0v) is 11.7. The van der Waals surface area contributed by atoms with Crippen LogP contribution in [0.2, 0.25) is 0 Å². The van der Waals surface area contributed by atoms with E-state index in [9.17, 15) is 4.79 Å². The van der Waals surface area contributed by atoms with Crippen LogP contribution in [0.1, 0.15) is 31.9 Å². The molecule has 5 nitrogen and oxygen atoms in total. The van der Waals surface area contributed by atoms with Gasteiger partial charge in [-0.25, -0.2) is 4.98 Å². The van der Waals surface area contributed by atoms with Crippen molar-refractivity contribution in [3.8, 4) is 0 Å². The van der Waals surface area contributed by atoms with E-state index in [0.717, 1.165) is 44.0 Å². The number of hydrogen-bond acceptors (Lipinski definition) is 4. The minimum atomic E-state index is 0.0658. The molecule has 1 fully saturated rings. The summed E-state index contributed by atoms with van der Waals surface area (Å²) in [5.41, 5.74) is 7.05. The van der Waals surface area contributed by atoms with Gasteiger partial charge < -0.3 is 15.5 Å². The van der Waals surface area contributed by atoms with E-state index in [2.05, 4.69) is 16.8 Å². The number of piperazine rings is 1. The SMILES string of the molecule is CC[C@@H](N)c1ccc(N2CCN(C(C)=O)CC2)nc1. The van der Waals surface area contributed by atoms with Gasteiger partial charge in [0.25, 0.3) is 0 Å². The van der Waals surface area contributed by atoms with E-state index in [1.54, 1.807) is 6.92 Å². The van der Waals surface area contributed by atoms with Gasteiger partial charge >= 0.3 is 0 Å². The van der Waals surface area contributed by atoms with Crippen molar-refractivity contribution >= 4 is 11.7 Å². The quantitative estimate of drug-likeness (QED) is 0.888. The number of pyridine rings is 1. The molecule has 1 aliphatic rings. The number of rotatable bonds is 3. The van der Waals surface area contributed by atoms with E-state index in [1.807, 2.05) is 23.2 Å². The van der Waals surface area contributed by atoms with Crippen LogP contribution in [-0.2, 0) is 4.79 Å². The molecule has 0 spiro atoms. The molecule has 1 aliphatic heterocycles. The van der Waals surface area contributed by atoms with Crippen LogP contribution in [-0.4, -0.2) is 42.0 Å². The van der Waals surface area contributed by atoms with Crippen LogP contribution in [0.5, 0.6) is 0 Å². The lowest BCUT2D eigenvalue weighted by Gasteiger charge is -2.35. The molecule has 104 valence electrons. The van der Waals surface area contributed by atoms with Gasteiger partial charge in [0.15, 0.2) is 0 Å². The van der Waals surface area contributed by atoms with Crippen molar-refractivity contribution in [2.24, 2.45) is 5.73 Å².